The first kappa shape index (κ1) is 16.2. The van der Waals surface area contributed by atoms with Crippen molar-refractivity contribution < 1.29 is 14.3 Å². The fourth-order valence-electron chi connectivity index (χ4n) is 1.88. The summed E-state index contributed by atoms with van der Waals surface area (Å²) in [5, 5.41) is 0. The van der Waals surface area contributed by atoms with Crippen LogP contribution in [0.5, 0.6) is 0 Å². The van der Waals surface area contributed by atoms with E-state index in [2.05, 4.69) is 0 Å². The van der Waals surface area contributed by atoms with Gasteiger partial charge in [-0.25, -0.2) is 0 Å². The molecule has 1 aliphatic heterocycles. The monoisotopic (exact) mass is 264 g/mol. The van der Waals surface area contributed by atoms with Crippen LogP contribution >= 0.6 is 12.4 Å². The van der Waals surface area contributed by atoms with Crippen LogP contribution in [0.1, 0.15) is 26.7 Å². The third-order valence-corrected chi connectivity index (χ3v) is 2.82. The number of nitrogens with zero attached hydrogens (tertiary/aromatic N) is 1. The van der Waals surface area contributed by atoms with Crippen molar-refractivity contribution in [1.29, 1.82) is 0 Å². The summed E-state index contributed by atoms with van der Waals surface area (Å²) < 4.78 is 4.96. The van der Waals surface area contributed by atoms with Gasteiger partial charge in [0.05, 0.1) is 18.6 Å². The van der Waals surface area contributed by atoms with E-state index in [-0.39, 0.29) is 30.2 Å². The Morgan fingerprint density at radius 3 is 2.35 bits per heavy atom. The fourth-order valence-corrected chi connectivity index (χ4v) is 1.88. The van der Waals surface area contributed by atoms with Gasteiger partial charge in [-0.2, -0.15) is 0 Å². The highest BCUT2D eigenvalue weighted by atomic mass is 35.5. The molecule has 100 valence electrons. The lowest BCUT2D eigenvalue weighted by atomic mass is 9.96. The molecule has 1 aliphatic rings. The summed E-state index contributed by atoms with van der Waals surface area (Å²) in [5.41, 5.74) is 5.53. The van der Waals surface area contributed by atoms with E-state index in [0.29, 0.717) is 32.5 Å². The van der Waals surface area contributed by atoms with E-state index in [9.17, 15) is 9.59 Å². The number of carbonyl (C=O) groups is 2. The molecule has 6 heteroatoms. The zero-order valence-corrected chi connectivity index (χ0v) is 11.2. The van der Waals surface area contributed by atoms with Crippen molar-refractivity contribution in [1.82, 2.24) is 4.90 Å². The Morgan fingerprint density at radius 1 is 1.41 bits per heavy atom. The topological polar surface area (TPSA) is 72.6 Å². The molecule has 17 heavy (non-hydrogen) atoms. The summed E-state index contributed by atoms with van der Waals surface area (Å²) in [6, 6.07) is -0.459. The van der Waals surface area contributed by atoms with Gasteiger partial charge < -0.3 is 15.4 Å². The molecular weight excluding hydrogens is 244 g/mol. The number of nitrogens with two attached hydrogens (primary N) is 1. The summed E-state index contributed by atoms with van der Waals surface area (Å²) >= 11 is 0. The van der Waals surface area contributed by atoms with E-state index in [4.69, 9.17) is 10.5 Å². The van der Waals surface area contributed by atoms with Crippen molar-refractivity contribution in [3.05, 3.63) is 0 Å². The van der Waals surface area contributed by atoms with Crippen LogP contribution in [-0.4, -0.2) is 42.5 Å². The predicted octanol–water partition coefficient (Wildman–Crippen LogP) is 0.557. The molecule has 0 aromatic heterocycles. The van der Waals surface area contributed by atoms with Gasteiger partial charge in [-0.1, -0.05) is 0 Å². The second-order valence-corrected chi connectivity index (χ2v) is 4.14. The number of hydrogen-bond acceptors (Lipinski definition) is 4. The van der Waals surface area contributed by atoms with Gasteiger partial charge in [-0.15, -0.1) is 12.4 Å². The minimum atomic E-state index is -0.459. The SMILES string of the molecule is CCOC(=O)C1CCN(C(=O)C(C)N)CC1.Cl. The Labute approximate surface area is 108 Å². The number of likely N-dealkylation sites (tertiary alicyclic amines) is 1. The van der Waals surface area contributed by atoms with Gasteiger partial charge in [0.25, 0.3) is 0 Å². The molecule has 0 aliphatic carbocycles. The summed E-state index contributed by atoms with van der Waals surface area (Å²) in [5.74, 6) is -0.241. The third-order valence-electron chi connectivity index (χ3n) is 2.82. The van der Waals surface area contributed by atoms with Gasteiger partial charge in [-0.05, 0) is 26.7 Å². The average molecular weight is 265 g/mol. The molecule has 1 unspecified atom stereocenters. The number of esters is 1. The highest BCUT2D eigenvalue weighted by Gasteiger charge is 2.28. The van der Waals surface area contributed by atoms with E-state index in [1.807, 2.05) is 0 Å². The van der Waals surface area contributed by atoms with Crippen LogP contribution in [0.25, 0.3) is 0 Å². The Hall–Kier alpha value is -0.810. The Kier molecular flexibility index (Phi) is 7.15. The second-order valence-electron chi connectivity index (χ2n) is 4.14. The van der Waals surface area contributed by atoms with Gasteiger partial charge in [0.1, 0.15) is 0 Å². The Morgan fingerprint density at radius 2 is 1.94 bits per heavy atom. The minimum absolute atomic E-state index is 0. The lowest BCUT2D eigenvalue weighted by Gasteiger charge is -2.31. The summed E-state index contributed by atoms with van der Waals surface area (Å²) in [7, 11) is 0. The average Bonchev–Trinajstić information content (AvgIpc) is 2.28. The highest BCUT2D eigenvalue weighted by molar-refractivity contribution is 5.85. The molecule has 1 amide bonds. The number of carbonyl (C=O) groups excluding carboxylic acids is 2. The first-order chi connectivity index (χ1) is 7.56. The normalized spacial score (nSPS) is 18.2. The molecule has 0 aromatic carbocycles. The minimum Gasteiger partial charge on any atom is -0.466 e. The Bertz CT molecular complexity index is 263. The van der Waals surface area contributed by atoms with E-state index in [0.717, 1.165) is 0 Å². The molecular formula is C11H21ClN2O3. The maximum Gasteiger partial charge on any atom is 0.309 e. The van der Waals surface area contributed by atoms with E-state index in [1.54, 1.807) is 18.7 Å². The lowest BCUT2D eigenvalue weighted by molar-refractivity contribution is -0.151. The number of amides is 1. The number of piperidine rings is 1. The van der Waals surface area contributed by atoms with Crippen LogP contribution in [0.3, 0.4) is 0 Å². The summed E-state index contributed by atoms with van der Waals surface area (Å²) in [4.78, 5) is 24.8. The van der Waals surface area contributed by atoms with Gasteiger partial charge in [0, 0.05) is 13.1 Å². The number of ether oxygens (including phenoxy) is 1. The maximum absolute atomic E-state index is 11.6. The van der Waals surface area contributed by atoms with Gasteiger partial charge in [0.2, 0.25) is 5.91 Å². The quantitative estimate of drug-likeness (QED) is 0.756. The maximum atomic E-state index is 11.6. The molecule has 0 spiro atoms. The smallest absolute Gasteiger partial charge is 0.309 e. The van der Waals surface area contributed by atoms with Crippen LogP contribution in [0.2, 0.25) is 0 Å². The molecule has 1 rings (SSSR count). The molecule has 1 saturated heterocycles. The Balaban J connectivity index is 0.00000256. The second kappa shape index (κ2) is 7.50. The van der Waals surface area contributed by atoms with E-state index >= 15 is 0 Å². The lowest BCUT2D eigenvalue weighted by Crippen LogP contribution is -2.46. The molecule has 1 fully saturated rings. The van der Waals surface area contributed by atoms with Gasteiger partial charge >= 0.3 is 5.97 Å². The van der Waals surface area contributed by atoms with Crippen molar-refractivity contribution in [2.45, 2.75) is 32.7 Å². The van der Waals surface area contributed by atoms with Crippen molar-refractivity contribution in [3.63, 3.8) is 0 Å². The van der Waals surface area contributed by atoms with Crippen LogP contribution in [-0.2, 0) is 14.3 Å². The van der Waals surface area contributed by atoms with Crippen molar-refractivity contribution in [2.75, 3.05) is 19.7 Å². The molecule has 0 radical (unpaired) electrons. The molecule has 1 heterocycles. The summed E-state index contributed by atoms with van der Waals surface area (Å²) in [6.07, 6.45) is 1.36. The van der Waals surface area contributed by atoms with Crippen molar-refractivity contribution in [3.8, 4) is 0 Å². The first-order valence-corrected chi connectivity index (χ1v) is 5.77. The van der Waals surface area contributed by atoms with E-state index in [1.165, 1.54) is 0 Å². The van der Waals surface area contributed by atoms with Crippen LogP contribution in [0.4, 0.5) is 0 Å². The standard InChI is InChI=1S/C11H20N2O3.ClH/c1-3-16-11(15)9-4-6-13(7-5-9)10(14)8(2)12;/h8-9H,3-7,12H2,1-2H3;1H. The number of rotatable bonds is 3. The molecule has 5 nitrogen and oxygen atoms in total. The van der Waals surface area contributed by atoms with Crippen LogP contribution in [0.15, 0.2) is 0 Å². The zero-order valence-electron chi connectivity index (χ0n) is 10.3. The molecule has 0 aromatic rings. The van der Waals surface area contributed by atoms with Crippen molar-refractivity contribution in [2.24, 2.45) is 11.7 Å². The largest absolute Gasteiger partial charge is 0.466 e. The van der Waals surface area contributed by atoms with Crippen molar-refractivity contribution >= 4 is 24.3 Å². The molecule has 0 saturated carbocycles. The molecule has 1 atom stereocenters. The number of halogens is 1. The third kappa shape index (κ3) is 4.52. The molecule has 0 bridgehead atoms. The number of hydrogen-bond donors (Lipinski definition) is 1. The predicted molar refractivity (Wildman–Crippen MR) is 66.8 cm³/mol. The van der Waals surface area contributed by atoms with Crippen LogP contribution in [0, 0.1) is 5.92 Å². The van der Waals surface area contributed by atoms with Gasteiger partial charge in [0.15, 0.2) is 0 Å². The van der Waals surface area contributed by atoms with Gasteiger partial charge in [-0.3, -0.25) is 9.59 Å². The highest BCUT2D eigenvalue weighted by Crippen LogP contribution is 2.18. The molecule has 2 N–H and O–H groups in total. The summed E-state index contributed by atoms with van der Waals surface area (Å²) in [6.45, 7) is 5.10. The fraction of sp³-hybridized carbons (Fsp3) is 0.818. The van der Waals surface area contributed by atoms with Crippen LogP contribution < -0.4 is 5.73 Å². The first-order valence-electron chi connectivity index (χ1n) is 5.77. The zero-order chi connectivity index (χ0) is 12.1. The van der Waals surface area contributed by atoms with E-state index < -0.39 is 6.04 Å².